The minimum absolute atomic E-state index is 0.264. The van der Waals surface area contributed by atoms with Gasteiger partial charge in [-0.3, -0.25) is 0 Å². The van der Waals surface area contributed by atoms with Crippen molar-refractivity contribution in [2.45, 2.75) is 52.6 Å². The van der Waals surface area contributed by atoms with Gasteiger partial charge in [0.05, 0.1) is 6.10 Å². The number of nitrogens with two attached hydrogens (primary N) is 1. The lowest BCUT2D eigenvalue weighted by Crippen LogP contribution is -2.42. The van der Waals surface area contributed by atoms with Crippen LogP contribution in [-0.2, 0) is 0 Å². The normalized spacial score (nSPS) is 28.4. The Morgan fingerprint density at radius 2 is 1.76 bits per heavy atom. The van der Waals surface area contributed by atoms with Gasteiger partial charge in [-0.25, -0.2) is 4.39 Å². The number of hydrogen-bond acceptors (Lipinski definition) is 2. The van der Waals surface area contributed by atoms with E-state index in [-0.39, 0.29) is 11.2 Å². The molecule has 0 aliphatic heterocycles. The average molecular weight is 293 g/mol. The van der Waals surface area contributed by atoms with Gasteiger partial charge in [0.2, 0.25) is 0 Å². The molecule has 1 unspecified atom stereocenters. The minimum atomic E-state index is -0.607. The Bertz CT molecular complexity index is 455. The summed E-state index contributed by atoms with van der Waals surface area (Å²) in [4.78, 5) is 0. The Morgan fingerprint density at radius 1 is 1.24 bits per heavy atom. The monoisotopic (exact) mass is 293 g/mol. The highest BCUT2D eigenvalue weighted by Crippen LogP contribution is 2.50. The third-order valence-corrected chi connectivity index (χ3v) is 5.38. The van der Waals surface area contributed by atoms with E-state index in [4.69, 9.17) is 5.73 Å². The van der Waals surface area contributed by atoms with Crippen molar-refractivity contribution >= 4 is 0 Å². The molecule has 3 N–H and O–H groups in total. The predicted molar refractivity (Wildman–Crippen MR) is 84.3 cm³/mol. The summed E-state index contributed by atoms with van der Waals surface area (Å²) < 4.78 is 13.0. The van der Waals surface area contributed by atoms with Crippen LogP contribution in [0.5, 0.6) is 0 Å². The first kappa shape index (κ1) is 16.4. The van der Waals surface area contributed by atoms with Crippen LogP contribution < -0.4 is 5.73 Å². The summed E-state index contributed by atoms with van der Waals surface area (Å²) in [5, 5.41) is 10.8. The van der Waals surface area contributed by atoms with Crippen LogP contribution in [0.3, 0.4) is 0 Å². The maximum Gasteiger partial charge on any atom is 0.123 e. The maximum atomic E-state index is 13.0. The van der Waals surface area contributed by atoms with Crippen molar-refractivity contribution in [2.75, 3.05) is 6.54 Å². The fourth-order valence-electron chi connectivity index (χ4n) is 3.65. The van der Waals surface area contributed by atoms with Crippen LogP contribution in [0.15, 0.2) is 24.3 Å². The Labute approximate surface area is 127 Å². The molecule has 0 radical (unpaired) electrons. The molecule has 1 fully saturated rings. The number of rotatable bonds is 3. The van der Waals surface area contributed by atoms with Crippen LogP contribution in [0.2, 0.25) is 0 Å². The Kier molecular flexibility index (Phi) is 4.74. The average Bonchev–Trinajstić information content (AvgIpc) is 2.46. The quantitative estimate of drug-likeness (QED) is 0.883. The summed E-state index contributed by atoms with van der Waals surface area (Å²) in [6.07, 6.45) is 3.45. The van der Waals surface area contributed by atoms with Gasteiger partial charge in [0, 0.05) is 12.0 Å². The van der Waals surface area contributed by atoms with E-state index < -0.39 is 6.10 Å². The number of benzene rings is 1. The maximum absolute atomic E-state index is 13.0. The van der Waals surface area contributed by atoms with Gasteiger partial charge in [0.15, 0.2) is 0 Å². The van der Waals surface area contributed by atoms with E-state index in [0.29, 0.717) is 17.9 Å². The van der Waals surface area contributed by atoms with Crippen molar-refractivity contribution in [3.63, 3.8) is 0 Å². The van der Waals surface area contributed by atoms with Gasteiger partial charge in [0.1, 0.15) is 5.82 Å². The lowest BCUT2D eigenvalue weighted by Gasteiger charge is -2.46. The molecule has 0 heterocycles. The highest BCUT2D eigenvalue weighted by atomic mass is 19.1. The molecule has 1 aromatic carbocycles. The minimum Gasteiger partial charge on any atom is -0.388 e. The standard InChI is InChI=1S/C18H28FNO/c1-17(2,3)14-8-10-18(12-20,11-9-14)16(21)13-4-6-15(19)7-5-13/h4-7,14,16,21H,8-12,20H2,1-3H3. The molecule has 0 spiro atoms. The molecular weight excluding hydrogens is 265 g/mol. The highest BCUT2D eigenvalue weighted by Gasteiger charge is 2.43. The molecular formula is C18H28FNO. The van der Waals surface area contributed by atoms with Gasteiger partial charge >= 0.3 is 0 Å². The molecule has 3 heteroatoms. The summed E-state index contributed by atoms with van der Waals surface area (Å²) >= 11 is 0. The Hall–Kier alpha value is -0.930. The van der Waals surface area contributed by atoms with Crippen molar-refractivity contribution < 1.29 is 9.50 Å². The van der Waals surface area contributed by atoms with Crippen molar-refractivity contribution in [3.8, 4) is 0 Å². The topological polar surface area (TPSA) is 46.2 Å². The van der Waals surface area contributed by atoms with Crippen molar-refractivity contribution in [3.05, 3.63) is 35.6 Å². The van der Waals surface area contributed by atoms with Crippen LogP contribution in [0.4, 0.5) is 4.39 Å². The SMILES string of the molecule is CC(C)(C)C1CCC(CN)(C(O)c2ccc(F)cc2)CC1. The lowest BCUT2D eigenvalue weighted by molar-refractivity contribution is -0.0234. The first-order chi connectivity index (χ1) is 9.78. The zero-order valence-corrected chi connectivity index (χ0v) is 13.4. The predicted octanol–water partition coefficient (Wildman–Crippen LogP) is 4.04. The van der Waals surface area contributed by atoms with E-state index in [9.17, 15) is 9.50 Å². The molecule has 1 saturated carbocycles. The summed E-state index contributed by atoms with van der Waals surface area (Å²) in [7, 11) is 0. The first-order valence-electron chi connectivity index (χ1n) is 7.92. The smallest absolute Gasteiger partial charge is 0.123 e. The third kappa shape index (κ3) is 3.46. The second kappa shape index (κ2) is 6.05. The van der Waals surface area contributed by atoms with Crippen molar-refractivity contribution in [1.82, 2.24) is 0 Å². The molecule has 0 saturated heterocycles. The van der Waals surface area contributed by atoms with Gasteiger partial charge in [-0.2, -0.15) is 0 Å². The van der Waals surface area contributed by atoms with Crippen LogP contribution in [0, 0.1) is 22.6 Å². The molecule has 118 valence electrons. The van der Waals surface area contributed by atoms with E-state index in [1.54, 1.807) is 12.1 Å². The number of aliphatic hydroxyl groups is 1. The van der Waals surface area contributed by atoms with E-state index >= 15 is 0 Å². The van der Waals surface area contributed by atoms with Gasteiger partial charge in [-0.1, -0.05) is 32.9 Å². The molecule has 21 heavy (non-hydrogen) atoms. The number of hydrogen-bond donors (Lipinski definition) is 2. The summed E-state index contributed by atoms with van der Waals surface area (Å²) in [5.74, 6) is 0.404. The fourth-order valence-corrected chi connectivity index (χ4v) is 3.65. The fraction of sp³-hybridized carbons (Fsp3) is 0.667. The zero-order valence-electron chi connectivity index (χ0n) is 13.4. The molecule has 0 aromatic heterocycles. The summed E-state index contributed by atoms with van der Waals surface area (Å²) in [5.41, 5.74) is 6.84. The Morgan fingerprint density at radius 3 is 2.19 bits per heavy atom. The molecule has 1 aromatic rings. The third-order valence-electron chi connectivity index (χ3n) is 5.38. The van der Waals surface area contributed by atoms with Gasteiger partial charge in [-0.05, 0) is 54.7 Å². The molecule has 0 amide bonds. The van der Waals surface area contributed by atoms with Gasteiger partial charge < -0.3 is 10.8 Å². The van der Waals surface area contributed by atoms with Crippen LogP contribution >= 0.6 is 0 Å². The van der Waals surface area contributed by atoms with Crippen LogP contribution in [0.1, 0.15) is 58.1 Å². The summed E-state index contributed by atoms with van der Waals surface area (Å²) in [6.45, 7) is 7.32. The van der Waals surface area contributed by atoms with Crippen molar-refractivity contribution in [1.29, 1.82) is 0 Å². The highest BCUT2D eigenvalue weighted by molar-refractivity contribution is 5.21. The lowest BCUT2D eigenvalue weighted by atomic mass is 9.61. The molecule has 1 aliphatic carbocycles. The molecule has 2 nitrogen and oxygen atoms in total. The van der Waals surface area contributed by atoms with E-state index in [1.165, 1.54) is 12.1 Å². The van der Waals surface area contributed by atoms with Gasteiger partial charge in [0.25, 0.3) is 0 Å². The van der Waals surface area contributed by atoms with E-state index in [2.05, 4.69) is 20.8 Å². The van der Waals surface area contributed by atoms with E-state index in [0.717, 1.165) is 31.2 Å². The van der Waals surface area contributed by atoms with Crippen LogP contribution in [0.25, 0.3) is 0 Å². The summed E-state index contributed by atoms with van der Waals surface area (Å²) in [6, 6.07) is 6.16. The second-order valence-corrected chi connectivity index (χ2v) is 7.66. The molecule has 1 aliphatic rings. The zero-order chi connectivity index (χ0) is 15.7. The second-order valence-electron chi connectivity index (χ2n) is 7.66. The molecule has 1 atom stereocenters. The number of aliphatic hydroxyl groups excluding tert-OH is 1. The van der Waals surface area contributed by atoms with Crippen LogP contribution in [-0.4, -0.2) is 11.7 Å². The molecule has 2 rings (SSSR count). The van der Waals surface area contributed by atoms with Gasteiger partial charge in [-0.15, -0.1) is 0 Å². The van der Waals surface area contributed by atoms with Crippen molar-refractivity contribution in [2.24, 2.45) is 22.5 Å². The Balaban J connectivity index is 2.14. The van der Waals surface area contributed by atoms with E-state index in [1.807, 2.05) is 0 Å². The first-order valence-corrected chi connectivity index (χ1v) is 7.92. The molecule has 0 bridgehead atoms. The largest absolute Gasteiger partial charge is 0.388 e. The number of halogens is 1.